The third-order valence-electron chi connectivity index (χ3n) is 4.79. The number of pyridine rings is 1. The van der Waals surface area contributed by atoms with Gasteiger partial charge in [-0.3, -0.25) is 9.78 Å². The summed E-state index contributed by atoms with van der Waals surface area (Å²) >= 11 is 0. The van der Waals surface area contributed by atoms with Crippen LogP contribution in [0, 0.1) is 6.92 Å². The molecule has 3 aromatic rings. The minimum atomic E-state index is -0.0328. The fraction of sp³-hybridized carbons (Fsp3) is 0.273. The van der Waals surface area contributed by atoms with Crippen molar-refractivity contribution in [2.75, 3.05) is 13.2 Å². The van der Waals surface area contributed by atoms with Crippen molar-refractivity contribution in [3.8, 4) is 5.75 Å². The highest BCUT2D eigenvalue weighted by Crippen LogP contribution is 2.29. The van der Waals surface area contributed by atoms with Gasteiger partial charge in [0.05, 0.1) is 17.6 Å². The van der Waals surface area contributed by atoms with Gasteiger partial charge in [0.15, 0.2) is 0 Å². The average Bonchev–Trinajstić information content (AvgIpc) is 3.11. The first-order chi connectivity index (χ1) is 12.7. The minimum absolute atomic E-state index is 0.0328. The Morgan fingerprint density at radius 1 is 1.15 bits per heavy atom. The Labute approximate surface area is 153 Å². The molecule has 1 aliphatic rings. The quantitative estimate of drug-likeness (QED) is 0.714. The molecule has 0 saturated heterocycles. The molecule has 0 aliphatic heterocycles. The molecule has 0 unspecified atom stereocenters. The molecule has 0 radical (unpaired) electrons. The molecule has 0 spiro atoms. The zero-order chi connectivity index (χ0) is 17.9. The third kappa shape index (κ3) is 3.27. The van der Waals surface area contributed by atoms with Gasteiger partial charge in [-0.15, -0.1) is 0 Å². The minimum Gasteiger partial charge on any atom is -0.492 e. The maximum atomic E-state index is 12.9. The van der Waals surface area contributed by atoms with Gasteiger partial charge in [-0.2, -0.15) is 0 Å². The second kappa shape index (κ2) is 7.16. The largest absolute Gasteiger partial charge is 0.492 e. The molecular weight excluding hydrogens is 324 g/mol. The zero-order valence-corrected chi connectivity index (χ0v) is 14.9. The zero-order valence-electron chi connectivity index (χ0n) is 14.9. The Bertz CT molecular complexity index is 966. The number of hydrogen-bond acceptors (Lipinski definition) is 3. The standard InChI is InChI=1S/C22H22N2O2/c1-15-6-4-7-16(14-15)26-13-12-23-22(25)21-17-8-2-3-10-19(17)24-20-11-5-9-18(20)21/h2-4,6-8,10,14H,5,9,11-13H2,1H3,(H,23,25). The molecule has 4 heteroatoms. The number of carbonyl (C=O) groups excluding carboxylic acids is 1. The summed E-state index contributed by atoms with van der Waals surface area (Å²) in [6.07, 6.45) is 2.95. The number of benzene rings is 2. The number of carbonyl (C=O) groups is 1. The van der Waals surface area contributed by atoms with Gasteiger partial charge in [0, 0.05) is 11.1 Å². The summed E-state index contributed by atoms with van der Waals surface area (Å²) in [5, 5.41) is 3.95. The Morgan fingerprint density at radius 2 is 2.04 bits per heavy atom. The van der Waals surface area contributed by atoms with E-state index in [9.17, 15) is 4.79 Å². The van der Waals surface area contributed by atoms with Gasteiger partial charge < -0.3 is 10.1 Å². The van der Waals surface area contributed by atoms with Crippen LogP contribution >= 0.6 is 0 Å². The van der Waals surface area contributed by atoms with Gasteiger partial charge in [-0.1, -0.05) is 30.3 Å². The van der Waals surface area contributed by atoms with Crippen LogP contribution < -0.4 is 10.1 Å². The predicted molar refractivity (Wildman–Crippen MR) is 103 cm³/mol. The van der Waals surface area contributed by atoms with E-state index in [4.69, 9.17) is 9.72 Å². The SMILES string of the molecule is Cc1cccc(OCCNC(=O)c2c3c(nc4ccccc24)CCC3)c1. The molecule has 0 fully saturated rings. The summed E-state index contributed by atoms with van der Waals surface area (Å²) in [5.41, 5.74) is 5.03. The summed E-state index contributed by atoms with van der Waals surface area (Å²) < 4.78 is 5.73. The molecular formula is C22H22N2O2. The summed E-state index contributed by atoms with van der Waals surface area (Å²) in [6.45, 7) is 2.95. The van der Waals surface area contributed by atoms with E-state index >= 15 is 0 Å². The summed E-state index contributed by atoms with van der Waals surface area (Å²) in [7, 11) is 0. The van der Waals surface area contributed by atoms with Crippen molar-refractivity contribution >= 4 is 16.8 Å². The van der Waals surface area contributed by atoms with Crippen LogP contribution in [0.4, 0.5) is 0 Å². The molecule has 1 amide bonds. The number of para-hydroxylation sites is 1. The van der Waals surface area contributed by atoms with Crippen molar-refractivity contribution in [2.24, 2.45) is 0 Å². The maximum Gasteiger partial charge on any atom is 0.252 e. The van der Waals surface area contributed by atoms with Gasteiger partial charge >= 0.3 is 0 Å². The van der Waals surface area contributed by atoms with Crippen LogP contribution in [0.1, 0.15) is 33.6 Å². The van der Waals surface area contributed by atoms with Crippen LogP contribution in [0.25, 0.3) is 10.9 Å². The molecule has 4 nitrogen and oxygen atoms in total. The molecule has 0 saturated carbocycles. The second-order valence-electron chi connectivity index (χ2n) is 6.70. The fourth-order valence-corrected chi connectivity index (χ4v) is 3.60. The van der Waals surface area contributed by atoms with E-state index in [0.29, 0.717) is 13.2 Å². The van der Waals surface area contributed by atoms with Crippen molar-refractivity contribution in [1.29, 1.82) is 0 Å². The number of aromatic nitrogens is 1. The molecule has 1 aliphatic carbocycles. The maximum absolute atomic E-state index is 12.9. The average molecular weight is 346 g/mol. The highest BCUT2D eigenvalue weighted by atomic mass is 16.5. The van der Waals surface area contributed by atoms with Crippen molar-refractivity contribution in [3.05, 3.63) is 70.9 Å². The first-order valence-electron chi connectivity index (χ1n) is 9.10. The van der Waals surface area contributed by atoms with Crippen LogP contribution in [0.15, 0.2) is 48.5 Å². The Hall–Kier alpha value is -2.88. The molecule has 1 heterocycles. The molecule has 26 heavy (non-hydrogen) atoms. The number of nitrogens with one attached hydrogen (secondary N) is 1. The van der Waals surface area contributed by atoms with Crippen LogP contribution in [-0.2, 0) is 12.8 Å². The van der Waals surface area contributed by atoms with Crippen molar-refractivity contribution in [2.45, 2.75) is 26.2 Å². The Balaban J connectivity index is 1.48. The van der Waals surface area contributed by atoms with E-state index in [2.05, 4.69) is 5.32 Å². The van der Waals surface area contributed by atoms with Crippen molar-refractivity contribution < 1.29 is 9.53 Å². The van der Waals surface area contributed by atoms with Gasteiger partial charge in [-0.05, 0) is 55.5 Å². The number of rotatable bonds is 5. The molecule has 2 aromatic carbocycles. The molecule has 0 atom stereocenters. The monoisotopic (exact) mass is 346 g/mol. The van der Waals surface area contributed by atoms with Gasteiger partial charge in [0.25, 0.3) is 5.91 Å². The van der Waals surface area contributed by atoms with Crippen molar-refractivity contribution in [1.82, 2.24) is 10.3 Å². The predicted octanol–water partition coefficient (Wildman–Crippen LogP) is 3.84. The lowest BCUT2D eigenvalue weighted by atomic mass is 10.0. The van der Waals surface area contributed by atoms with E-state index in [1.54, 1.807) is 0 Å². The van der Waals surface area contributed by atoms with E-state index in [1.807, 2.05) is 55.5 Å². The number of fused-ring (bicyclic) bond motifs is 2. The van der Waals surface area contributed by atoms with E-state index < -0.39 is 0 Å². The van der Waals surface area contributed by atoms with Crippen LogP contribution in [0.2, 0.25) is 0 Å². The van der Waals surface area contributed by atoms with Gasteiger partial charge in [0.1, 0.15) is 12.4 Å². The molecule has 4 rings (SSSR count). The molecule has 132 valence electrons. The number of nitrogens with zero attached hydrogens (tertiary/aromatic N) is 1. The lowest BCUT2D eigenvalue weighted by Gasteiger charge is -2.13. The van der Waals surface area contributed by atoms with E-state index in [-0.39, 0.29) is 5.91 Å². The number of amides is 1. The van der Waals surface area contributed by atoms with Gasteiger partial charge in [0.2, 0.25) is 0 Å². The smallest absolute Gasteiger partial charge is 0.252 e. The fourth-order valence-electron chi connectivity index (χ4n) is 3.60. The number of hydrogen-bond donors (Lipinski definition) is 1. The number of ether oxygens (including phenoxy) is 1. The topological polar surface area (TPSA) is 51.2 Å². The Kier molecular flexibility index (Phi) is 4.57. The van der Waals surface area contributed by atoms with Crippen LogP contribution in [0.5, 0.6) is 5.75 Å². The normalized spacial score (nSPS) is 12.8. The van der Waals surface area contributed by atoms with Crippen molar-refractivity contribution in [3.63, 3.8) is 0 Å². The summed E-state index contributed by atoms with van der Waals surface area (Å²) in [5.74, 6) is 0.795. The highest BCUT2D eigenvalue weighted by molar-refractivity contribution is 6.07. The Morgan fingerprint density at radius 3 is 2.92 bits per heavy atom. The van der Waals surface area contributed by atoms with E-state index in [1.165, 1.54) is 0 Å². The molecule has 1 N–H and O–H groups in total. The highest BCUT2D eigenvalue weighted by Gasteiger charge is 2.23. The van der Waals surface area contributed by atoms with Crippen LogP contribution in [-0.4, -0.2) is 24.0 Å². The summed E-state index contributed by atoms with van der Waals surface area (Å²) in [4.78, 5) is 17.6. The summed E-state index contributed by atoms with van der Waals surface area (Å²) in [6, 6.07) is 15.8. The van der Waals surface area contributed by atoms with Gasteiger partial charge in [-0.25, -0.2) is 0 Å². The van der Waals surface area contributed by atoms with Crippen LogP contribution in [0.3, 0.4) is 0 Å². The van der Waals surface area contributed by atoms with E-state index in [0.717, 1.165) is 58.3 Å². The lowest BCUT2D eigenvalue weighted by molar-refractivity contribution is 0.0947. The first kappa shape index (κ1) is 16.6. The number of aryl methyl sites for hydroxylation is 2. The lowest BCUT2D eigenvalue weighted by Crippen LogP contribution is -2.29. The third-order valence-corrected chi connectivity index (χ3v) is 4.79. The molecule has 0 bridgehead atoms. The second-order valence-corrected chi connectivity index (χ2v) is 6.70. The molecule has 1 aromatic heterocycles. The first-order valence-corrected chi connectivity index (χ1v) is 9.10.